The molecule has 1 saturated heterocycles. The zero-order valence-corrected chi connectivity index (χ0v) is 29.8. The predicted molar refractivity (Wildman–Crippen MR) is 195 cm³/mol. The number of nitrogens with zero attached hydrogens (tertiary/aromatic N) is 3. The molecular formula is C42H40F5N3O4. The number of piperidine rings is 1. The van der Waals surface area contributed by atoms with Gasteiger partial charge in [-0.2, -0.15) is 13.2 Å². The van der Waals surface area contributed by atoms with Gasteiger partial charge in [0.25, 0.3) is 0 Å². The van der Waals surface area contributed by atoms with Crippen LogP contribution in [0.25, 0.3) is 22.0 Å². The van der Waals surface area contributed by atoms with E-state index in [9.17, 15) is 36.3 Å². The third-order valence-electron chi connectivity index (χ3n) is 9.88. The van der Waals surface area contributed by atoms with E-state index in [4.69, 9.17) is 4.74 Å². The van der Waals surface area contributed by atoms with Crippen LogP contribution in [0.2, 0.25) is 0 Å². The number of rotatable bonds is 12. The molecule has 54 heavy (non-hydrogen) atoms. The van der Waals surface area contributed by atoms with E-state index in [0.29, 0.717) is 48.1 Å². The van der Waals surface area contributed by atoms with Crippen molar-refractivity contribution < 1.29 is 36.3 Å². The zero-order chi connectivity index (χ0) is 38.4. The van der Waals surface area contributed by atoms with E-state index in [2.05, 4.69) is 0 Å². The molecule has 0 saturated carbocycles. The number of hydrogen-bond acceptors (Lipinski definition) is 5. The number of halogens is 5. The van der Waals surface area contributed by atoms with Crippen molar-refractivity contribution >= 4 is 22.8 Å². The summed E-state index contributed by atoms with van der Waals surface area (Å²) in [5.74, 6) is -2.74. The second-order valence-electron chi connectivity index (χ2n) is 13.4. The Morgan fingerprint density at radius 2 is 1.57 bits per heavy atom. The van der Waals surface area contributed by atoms with Gasteiger partial charge in [0.1, 0.15) is 6.54 Å². The SMILES string of the molecule is CCOC(=O)CN1CCC(N(Cc2ccc(-c3ccccc3)c(C(F)(F)F)c2)C(=O)Cn2c(CCc3cccc(F)c3F)cc(=O)c3ccccc32)CC1. The van der Waals surface area contributed by atoms with E-state index in [1.54, 1.807) is 77.1 Å². The Bertz CT molecular complexity index is 2180. The molecule has 4 aromatic carbocycles. The molecule has 282 valence electrons. The van der Waals surface area contributed by atoms with Crippen LogP contribution >= 0.6 is 0 Å². The summed E-state index contributed by atoms with van der Waals surface area (Å²) in [6.45, 7) is 2.59. The molecule has 0 spiro atoms. The molecule has 6 rings (SSSR count). The van der Waals surface area contributed by atoms with Crippen molar-refractivity contribution in [2.75, 3.05) is 26.2 Å². The Hall–Kier alpha value is -5.36. The molecular weight excluding hydrogens is 705 g/mol. The minimum Gasteiger partial charge on any atom is -0.465 e. The molecule has 1 aliphatic rings. The molecule has 1 fully saturated rings. The maximum atomic E-state index is 14.6. The van der Waals surface area contributed by atoms with Gasteiger partial charge >= 0.3 is 12.1 Å². The monoisotopic (exact) mass is 745 g/mol. The number of benzene rings is 4. The molecule has 0 N–H and O–H groups in total. The molecule has 2 heterocycles. The molecule has 0 atom stereocenters. The zero-order valence-electron chi connectivity index (χ0n) is 29.8. The number of aromatic nitrogens is 1. The molecule has 1 aromatic heterocycles. The quantitative estimate of drug-likeness (QED) is 0.0964. The Morgan fingerprint density at radius 1 is 0.852 bits per heavy atom. The first-order chi connectivity index (χ1) is 25.9. The van der Waals surface area contributed by atoms with Crippen LogP contribution < -0.4 is 5.43 Å². The van der Waals surface area contributed by atoms with Crippen LogP contribution in [0.5, 0.6) is 0 Å². The van der Waals surface area contributed by atoms with Gasteiger partial charge in [0.2, 0.25) is 5.91 Å². The number of amides is 1. The summed E-state index contributed by atoms with van der Waals surface area (Å²) in [5, 5.41) is 0.358. The average molecular weight is 746 g/mol. The highest BCUT2D eigenvalue weighted by molar-refractivity contribution is 5.83. The summed E-state index contributed by atoms with van der Waals surface area (Å²) in [4.78, 5) is 43.5. The van der Waals surface area contributed by atoms with Gasteiger partial charge in [-0.3, -0.25) is 19.3 Å². The number of para-hydroxylation sites is 1. The normalized spacial score (nSPS) is 14.0. The summed E-state index contributed by atoms with van der Waals surface area (Å²) in [7, 11) is 0. The van der Waals surface area contributed by atoms with Gasteiger partial charge in [0, 0.05) is 42.8 Å². The van der Waals surface area contributed by atoms with Gasteiger partial charge in [0.05, 0.1) is 24.2 Å². The molecule has 0 bridgehead atoms. The Kier molecular flexibility index (Phi) is 11.9. The van der Waals surface area contributed by atoms with Crippen LogP contribution in [0.1, 0.15) is 42.1 Å². The summed E-state index contributed by atoms with van der Waals surface area (Å²) >= 11 is 0. The highest BCUT2D eigenvalue weighted by Crippen LogP contribution is 2.38. The number of carbonyl (C=O) groups excluding carboxylic acids is 2. The first kappa shape index (κ1) is 38.4. The van der Waals surface area contributed by atoms with Crippen molar-refractivity contribution in [3.05, 3.63) is 141 Å². The summed E-state index contributed by atoms with van der Waals surface area (Å²) in [5.41, 5.74) is 0.606. The summed E-state index contributed by atoms with van der Waals surface area (Å²) in [6, 6.07) is 24.1. The molecule has 0 radical (unpaired) electrons. The minimum atomic E-state index is -4.67. The van der Waals surface area contributed by atoms with E-state index in [1.165, 1.54) is 24.3 Å². The Morgan fingerprint density at radius 3 is 2.30 bits per heavy atom. The molecule has 12 heteroatoms. The van der Waals surface area contributed by atoms with Gasteiger partial charge in [0.15, 0.2) is 17.1 Å². The van der Waals surface area contributed by atoms with Gasteiger partial charge in [-0.25, -0.2) is 8.78 Å². The average Bonchev–Trinajstić information content (AvgIpc) is 3.16. The largest absolute Gasteiger partial charge is 0.465 e. The second kappa shape index (κ2) is 16.8. The number of ether oxygens (including phenoxy) is 1. The molecule has 0 aliphatic carbocycles. The molecule has 1 aliphatic heterocycles. The van der Waals surface area contributed by atoms with Gasteiger partial charge in [-0.05, 0) is 79.1 Å². The lowest BCUT2D eigenvalue weighted by Gasteiger charge is -2.39. The van der Waals surface area contributed by atoms with E-state index in [1.807, 2.05) is 4.90 Å². The lowest BCUT2D eigenvalue weighted by atomic mass is 9.96. The number of carbonyl (C=O) groups is 2. The van der Waals surface area contributed by atoms with E-state index in [-0.39, 0.29) is 73.2 Å². The second-order valence-corrected chi connectivity index (χ2v) is 13.4. The smallest absolute Gasteiger partial charge is 0.417 e. The standard InChI is InChI=1S/C42H40F5N3O4/c1-2-54-40(53)27-48-21-19-31(20-22-48)50(25-28-15-18-33(29-9-4-3-5-10-29)35(23-28)42(45,46)47)39(52)26-49-32(17-16-30-11-8-13-36(43)41(30)44)24-38(51)34-12-6-7-14-37(34)49/h3-15,18,23-24,31H,2,16-17,19-22,25-27H2,1H3. The van der Waals surface area contributed by atoms with E-state index >= 15 is 0 Å². The number of pyridine rings is 1. The van der Waals surface area contributed by atoms with Crippen molar-refractivity contribution in [2.45, 2.75) is 57.9 Å². The highest BCUT2D eigenvalue weighted by Gasteiger charge is 2.35. The third-order valence-corrected chi connectivity index (χ3v) is 9.88. The molecule has 1 amide bonds. The van der Waals surface area contributed by atoms with Crippen molar-refractivity contribution in [3.8, 4) is 11.1 Å². The maximum Gasteiger partial charge on any atom is 0.417 e. The number of hydrogen-bond donors (Lipinski definition) is 0. The highest BCUT2D eigenvalue weighted by atomic mass is 19.4. The van der Waals surface area contributed by atoms with Crippen LogP contribution in [-0.2, 0) is 46.4 Å². The number of fused-ring (bicyclic) bond motifs is 1. The first-order valence-electron chi connectivity index (χ1n) is 17.9. The van der Waals surface area contributed by atoms with Crippen molar-refractivity contribution in [3.63, 3.8) is 0 Å². The number of esters is 1. The fourth-order valence-electron chi connectivity index (χ4n) is 7.19. The van der Waals surface area contributed by atoms with Crippen LogP contribution in [0.4, 0.5) is 22.0 Å². The lowest BCUT2D eigenvalue weighted by Crippen LogP contribution is -2.49. The fourth-order valence-corrected chi connectivity index (χ4v) is 7.19. The Labute approximate surface area is 309 Å². The number of aryl methyl sites for hydroxylation is 2. The van der Waals surface area contributed by atoms with Gasteiger partial charge < -0.3 is 14.2 Å². The summed E-state index contributed by atoms with van der Waals surface area (Å²) < 4.78 is 79.0. The third kappa shape index (κ3) is 8.87. The minimum absolute atomic E-state index is 0.0242. The number of alkyl halides is 3. The van der Waals surface area contributed by atoms with Crippen molar-refractivity contribution in [1.29, 1.82) is 0 Å². The molecule has 7 nitrogen and oxygen atoms in total. The fraction of sp³-hybridized carbons (Fsp3) is 0.310. The number of likely N-dealkylation sites (tertiary alicyclic amines) is 1. The predicted octanol–water partition coefficient (Wildman–Crippen LogP) is 7.81. The van der Waals surface area contributed by atoms with Crippen molar-refractivity contribution in [2.24, 2.45) is 0 Å². The van der Waals surface area contributed by atoms with Crippen LogP contribution in [-0.4, -0.2) is 58.5 Å². The van der Waals surface area contributed by atoms with Gasteiger partial charge in [-0.15, -0.1) is 0 Å². The molecule has 5 aromatic rings. The van der Waals surface area contributed by atoms with Gasteiger partial charge in [-0.1, -0.05) is 66.7 Å². The summed E-state index contributed by atoms with van der Waals surface area (Å²) in [6.07, 6.45) is -3.60. The van der Waals surface area contributed by atoms with Crippen molar-refractivity contribution in [1.82, 2.24) is 14.4 Å². The molecule has 0 unspecified atom stereocenters. The van der Waals surface area contributed by atoms with Crippen LogP contribution in [0.15, 0.2) is 102 Å². The van der Waals surface area contributed by atoms with Crippen LogP contribution in [0, 0.1) is 11.6 Å². The van der Waals surface area contributed by atoms with E-state index < -0.39 is 29.3 Å². The van der Waals surface area contributed by atoms with Crippen LogP contribution in [0.3, 0.4) is 0 Å². The van der Waals surface area contributed by atoms with E-state index in [0.717, 1.165) is 12.1 Å². The lowest BCUT2D eigenvalue weighted by molar-refractivity contribution is -0.145. The maximum absolute atomic E-state index is 14.6. The first-order valence-corrected chi connectivity index (χ1v) is 17.9. The Balaban J connectivity index is 1.35. The topological polar surface area (TPSA) is 71.8 Å².